The molecule has 2 aromatic carbocycles. The van der Waals surface area contributed by atoms with Gasteiger partial charge in [-0.1, -0.05) is 24.3 Å². The number of esters is 1. The fourth-order valence-corrected chi connectivity index (χ4v) is 8.47. The number of halogens is 1. The molecule has 2 saturated heterocycles. The van der Waals surface area contributed by atoms with Gasteiger partial charge in [0.1, 0.15) is 5.75 Å². The Hall–Kier alpha value is -3.84. The molecule has 1 saturated carbocycles. The molecule has 0 radical (unpaired) electrons. The lowest BCUT2D eigenvalue weighted by molar-refractivity contribution is -0.144. The van der Waals surface area contributed by atoms with Crippen LogP contribution in [-0.4, -0.2) is 119 Å². The molecule has 0 bridgehead atoms. The van der Waals surface area contributed by atoms with E-state index in [0.717, 1.165) is 62.0 Å². The summed E-state index contributed by atoms with van der Waals surface area (Å²) in [5.74, 6) is 0.132. The van der Waals surface area contributed by atoms with Gasteiger partial charge in [0.15, 0.2) is 6.10 Å². The molecule has 0 spiro atoms. The zero-order chi connectivity index (χ0) is 35.9. The molecule has 13 heteroatoms. The van der Waals surface area contributed by atoms with E-state index in [9.17, 15) is 24.3 Å². The fraction of sp³-hybridized carbons (Fsp3) is 0.579. The number of likely N-dealkylation sites (tertiary alicyclic amines) is 1. The normalized spacial score (nSPS) is 22.4. The number of carbonyl (C=O) groups excluding carboxylic acids is 4. The van der Waals surface area contributed by atoms with Crippen LogP contribution in [0.4, 0.5) is 15.3 Å². The summed E-state index contributed by atoms with van der Waals surface area (Å²) in [5, 5.41) is 13.1. The van der Waals surface area contributed by atoms with Gasteiger partial charge in [0.2, 0.25) is 0 Å². The third-order valence-corrected chi connectivity index (χ3v) is 11.6. The van der Waals surface area contributed by atoms with Crippen LogP contribution in [0.25, 0.3) is 0 Å². The lowest BCUT2D eigenvalue weighted by Crippen LogP contribution is -2.55. The van der Waals surface area contributed by atoms with E-state index in [1.54, 1.807) is 28.0 Å². The number of carbonyl (C=O) groups is 4. The van der Waals surface area contributed by atoms with Crippen molar-refractivity contribution < 1.29 is 33.8 Å². The molecule has 4 aliphatic rings. The molecule has 2 aromatic rings. The molecule has 0 aromatic heterocycles. The Labute approximate surface area is 308 Å². The summed E-state index contributed by atoms with van der Waals surface area (Å²) in [6.45, 7) is 6.28. The summed E-state index contributed by atoms with van der Waals surface area (Å²) in [7, 11) is 0. The van der Waals surface area contributed by atoms with E-state index in [-0.39, 0.29) is 36.1 Å². The summed E-state index contributed by atoms with van der Waals surface area (Å²) in [6, 6.07) is 13.2. The number of fused-ring (bicyclic) bond motifs is 1. The molecule has 276 valence electrons. The zero-order valence-corrected chi connectivity index (χ0v) is 31.0. The number of piperidine rings is 1. The lowest BCUT2D eigenvalue weighted by atomic mass is 9.83. The number of anilines is 1. The highest BCUT2D eigenvalue weighted by Gasteiger charge is 2.36. The minimum atomic E-state index is -1.02. The molecule has 1 aliphatic carbocycles. The third-order valence-electron chi connectivity index (χ3n) is 11.0. The van der Waals surface area contributed by atoms with Gasteiger partial charge in [0.25, 0.3) is 5.91 Å². The van der Waals surface area contributed by atoms with Crippen LogP contribution >= 0.6 is 15.9 Å². The fourth-order valence-electron chi connectivity index (χ4n) is 8.05. The Morgan fingerprint density at radius 2 is 1.63 bits per heavy atom. The second-order valence-electron chi connectivity index (χ2n) is 14.2. The number of hydrogen-bond acceptors (Lipinski definition) is 8. The second-order valence-corrected chi connectivity index (χ2v) is 15.0. The number of nitrogens with zero attached hydrogens (tertiary/aromatic N) is 4. The molecular formula is C38H50BrN5O7. The Balaban J connectivity index is 1.03. The van der Waals surface area contributed by atoms with E-state index in [0.29, 0.717) is 75.0 Å². The quantitative estimate of drug-likeness (QED) is 0.324. The maximum absolute atomic E-state index is 14.0. The first kappa shape index (κ1) is 36.9. The van der Waals surface area contributed by atoms with Crippen molar-refractivity contribution in [1.82, 2.24) is 19.6 Å². The van der Waals surface area contributed by atoms with Crippen molar-refractivity contribution in [3.63, 3.8) is 0 Å². The summed E-state index contributed by atoms with van der Waals surface area (Å²) < 4.78 is 11.7. The highest BCUT2D eigenvalue weighted by Crippen LogP contribution is 2.31. The van der Waals surface area contributed by atoms with Crippen LogP contribution < -0.4 is 5.32 Å². The molecule has 1 atom stereocenters. The first-order valence-corrected chi connectivity index (χ1v) is 19.2. The number of aromatic hydroxyl groups is 1. The van der Waals surface area contributed by atoms with Crippen LogP contribution in [0.3, 0.4) is 0 Å². The largest absolute Gasteiger partial charge is 0.507 e. The number of phenolic OH excluding ortho intramolecular Hbond substituents is 1. The second kappa shape index (κ2) is 17.1. The Bertz CT molecular complexity index is 1550. The van der Waals surface area contributed by atoms with Crippen LogP contribution in [-0.2, 0) is 31.9 Å². The number of urea groups is 1. The molecule has 2 N–H and O–H groups in total. The Morgan fingerprint density at radius 3 is 2.33 bits per heavy atom. The highest BCUT2D eigenvalue weighted by atomic mass is 79.9. The van der Waals surface area contributed by atoms with Gasteiger partial charge < -0.3 is 34.6 Å². The van der Waals surface area contributed by atoms with Crippen molar-refractivity contribution >= 4 is 45.6 Å². The zero-order valence-electron chi connectivity index (χ0n) is 29.4. The van der Waals surface area contributed by atoms with Gasteiger partial charge >= 0.3 is 18.1 Å². The van der Waals surface area contributed by atoms with Crippen molar-refractivity contribution in [2.75, 3.05) is 57.7 Å². The van der Waals surface area contributed by atoms with Crippen LogP contribution in [0.5, 0.6) is 5.75 Å². The summed E-state index contributed by atoms with van der Waals surface area (Å²) in [4.78, 5) is 60.5. The molecular weight excluding hydrogens is 718 g/mol. The molecule has 0 unspecified atom stereocenters. The van der Waals surface area contributed by atoms with Crippen LogP contribution in [0.1, 0.15) is 63.0 Å². The lowest BCUT2D eigenvalue weighted by Gasteiger charge is -2.42. The minimum absolute atomic E-state index is 0.000880. The number of hydrogen-bond donors (Lipinski definition) is 2. The predicted octanol–water partition coefficient (Wildman–Crippen LogP) is 5.41. The smallest absolute Gasteiger partial charge is 0.410 e. The highest BCUT2D eigenvalue weighted by molar-refractivity contribution is 9.10. The first-order valence-electron chi connectivity index (χ1n) is 18.5. The van der Waals surface area contributed by atoms with Gasteiger partial charge in [-0.15, -0.1) is 0 Å². The molecule has 3 aliphatic heterocycles. The number of amides is 4. The number of rotatable bonds is 9. The summed E-state index contributed by atoms with van der Waals surface area (Å²) in [6.07, 6.45) is 5.18. The molecule has 4 amide bonds. The van der Waals surface area contributed by atoms with Crippen LogP contribution in [0.2, 0.25) is 0 Å². The minimum Gasteiger partial charge on any atom is -0.507 e. The average molecular weight is 769 g/mol. The number of nitrogens with one attached hydrogen (secondary N) is 1. The molecule has 51 heavy (non-hydrogen) atoms. The van der Waals surface area contributed by atoms with Gasteiger partial charge in [-0.3, -0.25) is 14.5 Å². The van der Waals surface area contributed by atoms with E-state index in [2.05, 4.69) is 26.1 Å². The third kappa shape index (κ3) is 9.34. The number of piperazine rings is 1. The molecule has 3 fully saturated rings. The number of phenols is 1. The van der Waals surface area contributed by atoms with Crippen LogP contribution in [0.15, 0.2) is 46.9 Å². The summed E-state index contributed by atoms with van der Waals surface area (Å²) in [5.41, 5.74) is 2.72. The van der Waals surface area contributed by atoms with Crippen molar-refractivity contribution in [3.05, 3.63) is 58.1 Å². The monoisotopic (exact) mass is 767 g/mol. The van der Waals surface area contributed by atoms with E-state index >= 15 is 0 Å². The van der Waals surface area contributed by atoms with E-state index in [1.807, 2.05) is 36.1 Å². The predicted molar refractivity (Wildman–Crippen MR) is 195 cm³/mol. The summed E-state index contributed by atoms with van der Waals surface area (Å²) >= 11 is 3.36. The Kier molecular flexibility index (Phi) is 12.4. The van der Waals surface area contributed by atoms with Gasteiger partial charge in [-0.25, -0.2) is 9.59 Å². The van der Waals surface area contributed by atoms with Gasteiger partial charge in [-0.05, 0) is 103 Å². The van der Waals surface area contributed by atoms with E-state index in [4.69, 9.17) is 9.47 Å². The van der Waals surface area contributed by atoms with Crippen molar-refractivity contribution in [3.8, 4) is 5.75 Å². The van der Waals surface area contributed by atoms with E-state index < -0.39 is 12.2 Å². The van der Waals surface area contributed by atoms with Gasteiger partial charge in [0, 0.05) is 76.4 Å². The molecule has 3 heterocycles. The van der Waals surface area contributed by atoms with E-state index in [1.165, 1.54) is 0 Å². The SMILES string of the molecule is CCOC(=O)C[C@H]1CC[C@H](N2CCN(C(=O)[C@@H](Cc3ccc(O)c(Br)c3)OC(=O)N3CCC(N4CCc5ccccc5NC4=O)CC3)CC2)CC1. The molecule has 12 nitrogen and oxygen atoms in total. The maximum atomic E-state index is 14.0. The standard InChI is InChI=1S/C38H50BrN5O7/c1-2-50-35(46)25-26-7-10-29(11-8-26)41-19-21-42(22-20-41)36(47)34(24-27-9-12-33(45)31(39)23-27)51-38(49)43-16-14-30(15-17-43)44-18-13-28-5-3-4-6-32(28)40-37(44)48/h3-6,9,12,23,26,29-30,34,45H,2,7-8,10-11,13-22,24-25H2,1H3,(H,40,48)/t26-,29-,34-/m1/s1. The number of para-hydroxylation sites is 1. The van der Waals surface area contributed by atoms with Crippen LogP contribution in [0, 0.1) is 5.92 Å². The van der Waals surface area contributed by atoms with Crippen molar-refractivity contribution in [2.24, 2.45) is 5.92 Å². The van der Waals surface area contributed by atoms with Gasteiger partial charge in [0.05, 0.1) is 11.1 Å². The van der Waals surface area contributed by atoms with Crippen molar-refractivity contribution in [1.29, 1.82) is 0 Å². The maximum Gasteiger partial charge on any atom is 0.410 e. The number of ether oxygens (including phenoxy) is 2. The first-order chi connectivity index (χ1) is 24.7. The van der Waals surface area contributed by atoms with Gasteiger partial charge in [-0.2, -0.15) is 0 Å². The van der Waals surface area contributed by atoms with Crippen molar-refractivity contribution in [2.45, 2.75) is 82.9 Å². The topological polar surface area (TPSA) is 132 Å². The average Bonchev–Trinajstić information content (AvgIpc) is 3.31. The number of benzene rings is 2. The molecule has 6 rings (SSSR count). The Morgan fingerprint density at radius 1 is 0.902 bits per heavy atom.